The third-order valence-electron chi connectivity index (χ3n) is 5.93. The van der Waals surface area contributed by atoms with Crippen LogP contribution in [0.1, 0.15) is 40.6 Å². The van der Waals surface area contributed by atoms with Crippen LogP contribution in [0.2, 0.25) is 10.0 Å². The van der Waals surface area contributed by atoms with Crippen LogP contribution >= 0.6 is 23.2 Å². The molecule has 192 valence electrons. The number of aromatic amines is 1. The summed E-state index contributed by atoms with van der Waals surface area (Å²) in [5.41, 5.74) is 2.22. The lowest BCUT2D eigenvalue weighted by molar-refractivity contribution is -0.111. The van der Waals surface area contributed by atoms with Crippen LogP contribution in [0.3, 0.4) is 0 Å². The summed E-state index contributed by atoms with van der Waals surface area (Å²) in [6.07, 6.45) is 5.98. The number of halogens is 2. The summed E-state index contributed by atoms with van der Waals surface area (Å²) in [7, 11) is 0. The van der Waals surface area contributed by atoms with Crippen molar-refractivity contribution in [1.29, 1.82) is 0 Å². The summed E-state index contributed by atoms with van der Waals surface area (Å²) < 4.78 is 0. The molecule has 2 aromatic carbocycles. The molecule has 9 nitrogen and oxygen atoms in total. The highest BCUT2D eigenvalue weighted by Gasteiger charge is 2.25. The zero-order chi connectivity index (χ0) is 26.4. The van der Waals surface area contributed by atoms with E-state index in [-0.39, 0.29) is 44.8 Å². The van der Waals surface area contributed by atoms with Crippen molar-refractivity contribution in [1.82, 2.24) is 15.5 Å². The highest BCUT2D eigenvalue weighted by Crippen LogP contribution is 2.26. The second-order valence-electron chi connectivity index (χ2n) is 8.48. The molecule has 37 heavy (non-hydrogen) atoms. The number of allylic oxidation sites excluding steroid dienone is 1. The van der Waals surface area contributed by atoms with Gasteiger partial charge in [0.1, 0.15) is 5.69 Å². The molecule has 0 radical (unpaired) electrons. The molecule has 1 fully saturated rings. The Kier molecular flexibility index (Phi) is 8.47. The van der Waals surface area contributed by atoms with Crippen molar-refractivity contribution in [2.24, 2.45) is 0 Å². The van der Waals surface area contributed by atoms with Crippen LogP contribution in [0.5, 0.6) is 0 Å². The van der Waals surface area contributed by atoms with Crippen LogP contribution in [0, 0.1) is 0 Å². The van der Waals surface area contributed by atoms with E-state index in [4.69, 9.17) is 23.2 Å². The van der Waals surface area contributed by atoms with E-state index < -0.39 is 5.91 Å². The number of rotatable bonds is 7. The summed E-state index contributed by atoms with van der Waals surface area (Å²) in [5.74, 6) is -1.08. The Morgan fingerprint density at radius 3 is 2.43 bits per heavy atom. The van der Waals surface area contributed by atoms with Crippen LogP contribution in [0.15, 0.2) is 60.8 Å². The van der Waals surface area contributed by atoms with Gasteiger partial charge in [-0.2, -0.15) is 5.10 Å². The number of hydrogen-bond donors (Lipinski definition) is 4. The Labute approximate surface area is 224 Å². The van der Waals surface area contributed by atoms with Crippen LogP contribution in [0.4, 0.5) is 17.1 Å². The zero-order valence-electron chi connectivity index (χ0n) is 20.1. The molecule has 3 amide bonds. The number of H-pyrrole nitrogens is 1. The third kappa shape index (κ3) is 6.49. The average Bonchev–Trinajstić information content (AvgIpc) is 3.33. The predicted molar refractivity (Wildman–Crippen MR) is 146 cm³/mol. The van der Waals surface area contributed by atoms with Crippen LogP contribution < -0.4 is 20.9 Å². The van der Waals surface area contributed by atoms with Crippen molar-refractivity contribution in [3.8, 4) is 0 Å². The minimum absolute atomic E-state index is 0.0498. The molecular formula is C26H26Cl2N6O3. The predicted octanol–water partition coefficient (Wildman–Crippen LogP) is 4.88. The first-order chi connectivity index (χ1) is 17.9. The molecule has 1 saturated heterocycles. The van der Waals surface area contributed by atoms with Gasteiger partial charge in [0.15, 0.2) is 0 Å². The second-order valence-corrected chi connectivity index (χ2v) is 9.30. The molecule has 4 rings (SSSR count). The van der Waals surface area contributed by atoms with Crippen LogP contribution in [0.25, 0.3) is 0 Å². The van der Waals surface area contributed by atoms with Gasteiger partial charge >= 0.3 is 0 Å². The number of nitrogens with zero attached hydrogens (tertiary/aromatic N) is 2. The van der Waals surface area contributed by atoms with Gasteiger partial charge < -0.3 is 20.9 Å². The summed E-state index contributed by atoms with van der Waals surface area (Å²) in [5, 5.41) is 15.5. The smallest absolute Gasteiger partial charge is 0.271 e. The van der Waals surface area contributed by atoms with Gasteiger partial charge in [0, 0.05) is 30.5 Å². The highest BCUT2D eigenvalue weighted by atomic mass is 35.5. The summed E-state index contributed by atoms with van der Waals surface area (Å²) in [4.78, 5) is 39.7. The number of nitrogens with one attached hydrogen (secondary N) is 4. The van der Waals surface area contributed by atoms with Crippen molar-refractivity contribution in [3.05, 3.63) is 82.1 Å². The third-order valence-corrected chi connectivity index (χ3v) is 6.56. The van der Waals surface area contributed by atoms with Crippen LogP contribution in [-0.4, -0.2) is 47.1 Å². The molecule has 0 spiro atoms. The van der Waals surface area contributed by atoms with Crippen LogP contribution in [-0.2, 0) is 4.79 Å². The maximum Gasteiger partial charge on any atom is 0.271 e. The molecule has 11 heteroatoms. The van der Waals surface area contributed by atoms with E-state index in [1.807, 2.05) is 24.3 Å². The Bertz CT molecular complexity index is 1310. The Hall–Kier alpha value is -3.82. The monoisotopic (exact) mass is 540 g/mol. The minimum Gasteiger partial charge on any atom is -0.371 e. The fourth-order valence-electron chi connectivity index (χ4n) is 4.11. The maximum absolute atomic E-state index is 13.0. The fraction of sp³-hybridized carbons (Fsp3) is 0.231. The van der Waals surface area contributed by atoms with E-state index in [2.05, 4.69) is 31.0 Å². The molecule has 4 N–H and O–H groups in total. The molecule has 0 unspecified atom stereocenters. The summed E-state index contributed by atoms with van der Waals surface area (Å²) in [6.45, 7) is 3.25. The summed E-state index contributed by atoms with van der Waals surface area (Å²) in [6, 6.07) is 12.4. The molecule has 1 aliphatic rings. The summed E-state index contributed by atoms with van der Waals surface area (Å²) >= 11 is 12.2. The number of carbonyl (C=O) groups is 3. The Balaban J connectivity index is 1.34. The van der Waals surface area contributed by atoms with E-state index in [0.29, 0.717) is 0 Å². The molecule has 1 aliphatic heterocycles. The first-order valence-electron chi connectivity index (χ1n) is 11.7. The molecule has 1 aromatic heterocycles. The van der Waals surface area contributed by atoms with E-state index >= 15 is 0 Å². The fourth-order valence-corrected chi connectivity index (χ4v) is 4.68. The topological polar surface area (TPSA) is 119 Å². The van der Waals surface area contributed by atoms with Gasteiger partial charge in [-0.1, -0.05) is 41.4 Å². The van der Waals surface area contributed by atoms with Gasteiger partial charge in [-0.25, -0.2) is 0 Å². The molecular weight excluding hydrogens is 515 g/mol. The number of hydrogen-bond acceptors (Lipinski definition) is 5. The van der Waals surface area contributed by atoms with E-state index in [1.54, 1.807) is 31.2 Å². The van der Waals surface area contributed by atoms with Gasteiger partial charge in [0.25, 0.3) is 11.8 Å². The molecule has 0 bridgehead atoms. The van der Waals surface area contributed by atoms with Crippen molar-refractivity contribution < 1.29 is 14.4 Å². The first-order valence-corrected chi connectivity index (χ1v) is 12.5. The lowest BCUT2D eigenvalue weighted by atomic mass is 10.0. The van der Waals surface area contributed by atoms with Gasteiger partial charge in [0.2, 0.25) is 5.91 Å². The molecule has 0 aliphatic carbocycles. The van der Waals surface area contributed by atoms with Gasteiger partial charge in [-0.05, 0) is 56.2 Å². The van der Waals surface area contributed by atoms with E-state index in [9.17, 15) is 14.4 Å². The number of carbonyl (C=O) groups excluding carboxylic acids is 3. The molecule has 0 atom stereocenters. The van der Waals surface area contributed by atoms with Crippen molar-refractivity contribution in [2.45, 2.75) is 25.8 Å². The Morgan fingerprint density at radius 2 is 1.73 bits per heavy atom. The lowest BCUT2D eigenvalue weighted by Gasteiger charge is -2.34. The number of piperidine rings is 1. The highest BCUT2D eigenvalue weighted by molar-refractivity contribution is 6.40. The van der Waals surface area contributed by atoms with Gasteiger partial charge in [-0.15, -0.1) is 0 Å². The lowest BCUT2D eigenvalue weighted by Crippen LogP contribution is -2.45. The standard InChI is InChI=1S/C26H26Cl2N6O3/c1-2-5-22(35)30-17-6-3-7-18(14-17)34-12-10-16(11-13-34)31-26(37)24-21(15-29-33-24)32-25(36)23-19(27)8-4-9-20(23)28/h2-9,14-16H,10-13H2,1H3,(H,29,33)(H,30,35)(H,31,37)(H,32,36)/b5-2+. The maximum atomic E-state index is 13.0. The first kappa shape index (κ1) is 26.2. The van der Waals surface area contributed by atoms with E-state index in [1.165, 1.54) is 12.3 Å². The number of benzene rings is 2. The number of anilines is 3. The van der Waals surface area contributed by atoms with Crippen molar-refractivity contribution in [3.63, 3.8) is 0 Å². The molecule has 2 heterocycles. The van der Waals surface area contributed by atoms with E-state index in [0.717, 1.165) is 37.3 Å². The van der Waals surface area contributed by atoms with Gasteiger partial charge in [0.05, 0.1) is 27.5 Å². The average molecular weight is 541 g/mol. The molecule has 0 saturated carbocycles. The normalized spacial score (nSPS) is 14.0. The quantitative estimate of drug-likeness (QED) is 0.318. The molecule has 3 aromatic rings. The zero-order valence-corrected chi connectivity index (χ0v) is 21.6. The Morgan fingerprint density at radius 1 is 1.03 bits per heavy atom. The van der Waals surface area contributed by atoms with Crippen molar-refractivity contribution >= 4 is 58.0 Å². The number of aromatic nitrogens is 2. The number of amides is 3. The van der Waals surface area contributed by atoms with Gasteiger partial charge in [-0.3, -0.25) is 19.5 Å². The SMILES string of the molecule is C/C=C/C(=O)Nc1cccc(N2CCC(NC(=O)c3[nH]ncc3NC(=O)c3c(Cl)cccc3Cl)CC2)c1. The largest absolute Gasteiger partial charge is 0.371 e. The second kappa shape index (κ2) is 11.9. The van der Waals surface area contributed by atoms with Crippen molar-refractivity contribution in [2.75, 3.05) is 28.6 Å². The minimum atomic E-state index is -0.538.